The summed E-state index contributed by atoms with van der Waals surface area (Å²) in [6.45, 7) is 1.54. The molecule has 0 saturated carbocycles. The monoisotopic (exact) mass is 290 g/mol. The number of hydrogen-bond acceptors (Lipinski definition) is 4. The quantitative estimate of drug-likeness (QED) is 0.850. The fraction of sp³-hybridized carbons (Fsp3) is 0.375. The second-order valence-corrected chi connectivity index (χ2v) is 4.82. The van der Waals surface area contributed by atoms with Gasteiger partial charge in [0.05, 0.1) is 21.3 Å². The fourth-order valence-corrected chi connectivity index (χ4v) is 2.25. The maximum Gasteiger partial charge on any atom is 0.203 e. The summed E-state index contributed by atoms with van der Waals surface area (Å²) < 4.78 is 18.1. The van der Waals surface area contributed by atoms with E-state index in [-0.39, 0.29) is 0 Å². The molecular formula is C16H22N2O3. The van der Waals surface area contributed by atoms with Crippen molar-refractivity contribution >= 4 is 0 Å². The molecule has 0 aliphatic heterocycles. The van der Waals surface area contributed by atoms with Crippen LogP contribution in [0.2, 0.25) is 0 Å². The second kappa shape index (κ2) is 7.04. The molecule has 0 aliphatic rings. The number of methoxy groups -OCH3 is 3. The van der Waals surface area contributed by atoms with Gasteiger partial charge >= 0.3 is 0 Å². The summed E-state index contributed by atoms with van der Waals surface area (Å²) in [6, 6.07) is 6.01. The standard InChI is InChI=1S/C16H22N2O3/c1-18-6-5-12(11-18)9-17-10-13-7-14(19-2)16(21-4)15(8-13)20-3/h5-8,11,17H,9-10H2,1-4H3. The predicted molar refractivity (Wildman–Crippen MR) is 82.1 cm³/mol. The SMILES string of the molecule is COc1cc(CNCc2ccn(C)c2)cc(OC)c1OC. The number of nitrogens with one attached hydrogen (secondary N) is 1. The normalized spacial score (nSPS) is 10.5. The van der Waals surface area contributed by atoms with Crippen molar-refractivity contribution in [1.29, 1.82) is 0 Å². The Balaban J connectivity index is 2.05. The van der Waals surface area contributed by atoms with Gasteiger partial charge in [-0.1, -0.05) is 0 Å². The van der Waals surface area contributed by atoms with Gasteiger partial charge in [0.15, 0.2) is 11.5 Å². The highest BCUT2D eigenvalue weighted by Gasteiger charge is 2.12. The van der Waals surface area contributed by atoms with Crippen molar-refractivity contribution in [3.05, 3.63) is 41.7 Å². The molecule has 0 amide bonds. The minimum absolute atomic E-state index is 0.617. The lowest BCUT2D eigenvalue weighted by Crippen LogP contribution is -2.12. The van der Waals surface area contributed by atoms with Gasteiger partial charge < -0.3 is 24.1 Å². The Morgan fingerprint density at radius 3 is 2.05 bits per heavy atom. The first kappa shape index (κ1) is 15.3. The zero-order valence-electron chi connectivity index (χ0n) is 13.0. The van der Waals surface area contributed by atoms with Gasteiger partial charge in [0.2, 0.25) is 5.75 Å². The molecule has 0 bridgehead atoms. The summed E-state index contributed by atoms with van der Waals surface area (Å²) in [6.07, 6.45) is 4.14. The number of aryl methyl sites for hydroxylation is 1. The van der Waals surface area contributed by atoms with Crippen molar-refractivity contribution in [3.8, 4) is 17.2 Å². The molecule has 0 spiro atoms. The molecule has 0 fully saturated rings. The van der Waals surface area contributed by atoms with Crippen LogP contribution in [0.1, 0.15) is 11.1 Å². The average molecular weight is 290 g/mol. The van der Waals surface area contributed by atoms with Crippen LogP contribution in [0.25, 0.3) is 0 Å². The van der Waals surface area contributed by atoms with Gasteiger partial charge in [0.25, 0.3) is 0 Å². The van der Waals surface area contributed by atoms with Crippen LogP contribution in [-0.4, -0.2) is 25.9 Å². The molecule has 2 rings (SSSR count). The fourth-order valence-electron chi connectivity index (χ4n) is 2.25. The number of aromatic nitrogens is 1. The Morgan fingerprint density at radius 1 is 0.952 bits per heavy atom. The lowest BCUT2D eigenvalue weighted by molar-refractivity contribution is 0.323. The van der Waals surface area contributed by atoms with Crippen LogP contribution in [0.4, 0.5) is 0 Å². The van der Waals surface area contributed by atoms with Crippen molar-refractivity contribution < 1.29 is 14.2 Å². The molecule has 114 valence electrons. The minimum Gasteiger partial charge on any atom is -0.493 e. The summed E-state index contributed by atoms with van der Waals surface area (Å²) in [4.78, 5) is 0. The third-order valence-corrected chi connectivity index (χ3v) is 3.28. The molecule has 21 heavy (non-hydrogen) atoms. The van der Waals surface area contributed by atoms with E-state index in [1.54, 1.807) is 21.3 Å². The smallest absolute Gasteiger partial charge is 0.203 e. The van der Waals surface area contributed by atoms with Crippen LogP contribution in [0, 0.1) is 0 Å². The van der Waals surface area contributed by atoms with Crippen molar-refractivity contribution in [2.75, 3.05) is 21.3 Å². The van der Waals surface area contributed by atoms with Crippen LogP contribution in [0.3, 0.4) is 0 Å². The number of hydrogen-bond donors (Lipinski definition) is 1. The van der Waals surface area contributed by atoms with Crippen LogP contribution in [-0.2, 0) is 20.1 Å². The lowest BCUT2D eigenvalue weighted by Gasteiger charge is -2.14. The van der Waals surface area contributed by atoms with Gasteiger partial charge in [-0.25, -0.2) is 0 Å². The Kier molecular flexibility index (Phi) is 5.11. The largest absolute Gasteiger partial charge is 0.493 e. The third-order valence-electron chi connectivity index (χ3n) is 3.28. The molecule has 0 atom stereocenters. The van der Waals surface area contributed by atoms with E-state index in [1.807, 2.05) is 29.9 Å². The highest BCUT2D eigenvalue weighted by molar-refractivity contribution is 5.53. The molecule has 0 saturated heterocycles. The highest BCUT2D eigenvalue weighted by atomic mass is 16.5. The van der Waals surface area contributed by atoms with E-state index in [1.165, 1.54) is 5.56 Å². The number of benzene rings is 1. The highest BCUT2D eigenvalue weighted by Crippen LogP contribution is 2.38. The summed E-state index contributed by atoms with van der Waals surface area (Å²) in [5.41, 5.74) is 2.34. The Morgan fingerprint density at radius 2 is 1.57 bits per heavy atom. The topological polar surface area (TPSA) is 44.7 Å². The van der Waals surface area contributed by atoms with E-state index in [9.17, 15) is 0 Å². The molecule has 0 radical (unpaired) electrons. The number of ether oxygens (including phenoxy) is 3. The molecule has 0 aliphatic carbocycles. The van der Waals surface area contributed by atoms with Crippen LogP contribution >= 0.6 is 0 Å². The van der Waals surface area contributed by atoms with E-state index < -0.39 is 0 Å². The zero-order chi connectivity index (χ0) is 15.2. The van der Waals surface area contributed by atoms with E-state index >= 15 is 0 Å². The van der Waals surface area contributed by atoms with Gasteiger partial charge in [0.1, 0.15) is 0 Å². The maximum absolute atomic E-state index is 5.35. The van der Waals surface area contributed by atoms with Crippen molar-refractivity contribution in [1.82, 2.24) is 9.88 Å². The molecule has 5 heteroatoms. The van der Waals surface area contributed by atoms with Gasteiger partial charge in [0, 0.05) is 32.5 Å². The molecular weight excluding hydrogens is 268 g/mol. The first-order valence-electron chi connectivity index (χ1n) is 6.78. The minimum atomic E-state index is 0.617. The molecule has 5 nitrogen and oxygen atoms in total. The third kappa shape index (κ3) is 3.70. The van der Waals surface area contributed by atoms with Gasteiger partial charge in [-0.05, 0) is 29.3 Å². The molecule has 1 aromatic carbocycles. The molecule has 1 N–H and O–H groups in total. The van der Waals surface area contributed by atoms with E-state index in [4.69, 9.17) is 14.2 Å². The Bertz CT molecular complexity index is 568. The Labute approximate surface area is 125 Å². The molecule has 0 unspecified atom stereocenters. The average Bonchev–Trinajstić information content (AvgIpc) is 2.91. The van der Waals surface area contributed by atoms with E-state index in [0.717, 1.165) is 18.7 Å². The van der Waals surface area contributed by atoms with Gasteiger partial charge in [-0.2, -0.15) is 0 Å². The van der Waals surface area contributed by atoms with Crippen molar-refractivity contribution in [2.45, 2.75) is 13.1 Å². The second-order valence-electron chi connectivity index (χ2n) is 4.82. The maximum atomic E-state index is 5.35. The van der Waals surface area contributed by atoms with Crippen molar-refractivity contribution in [2.24, 2.45) is 7.05 Å². The van der Waals surface area contributed by atoms with Crippen LogP contribution in [0.15, 0.2) is 30.6 Å². The molecule has 2 aromatic rings. The van der Waals surface area contributed by atoms with Crippen LogP contribution < -0.4 is 19.5 Å². The summed E-state index contributed by atoms with van der Waals surface area (Å²) >= 11 is 0. The predicted octanol–water partition coefficient (Wildman–Crippen LogP) is 2.34. The molecule has 1 aromatic heterocycles. The molecule has 1 heterocycles. The first-order chi connectivity index (χ1) is 10.2. The van der Waals surface area contributed by atoms with Gasteiger partial charge in [-0.3, -0.25) is 0 Å². The summed E-state index contributed by atoms with van der Waals surface area (Å²) in [5, 5.41) is 3.41. The van der Waals surface area contributed by atoms with Crippen molar-refractivity contribution in [3.63, 3.8) is 0 Å². The number of rotatable bonds is 7. The van der Waals surface area contributed by atoms with E-state index in [2.05, 4.69) is 17.6 Å². The van der Waals surface area contributed by atoms with Crippen LogP contribution in [0.5, 0.6) is 17.2 Å². The van der Waals surface area contributed by atoms with Gasteiger partial charge in [-0.15, -0.1) is 0 Å². The van der Waals surface area contributed by atoms with E-state index in [0.29, 0.717) is 17.2 Å². The zero-order valence-corrected chi connectivity index (χ0v) is 13.0. The number of nitrogens with zero attached hydrogens (tertiary/aromatic N) is 1. The summed E-state index contributed by atoms with van der Waals surface area (Å²) in [7, 11) is 6.87. The Hall–Kier alpha value is -2.14. The first-order valence-corrected chi connectivity index (χ1v) is 6.78. The lowest BCUT2D eigenvalue weighted by atomic mass is 10.1. The summed E-state index contributed by atoms with van der Waals surface area (Å²) in [5.74, 6) is 1.97.